The van der Waals surface area contributed by atoms with E-state index in [1.807, 2.05) is 0 Å². The number of alkyl halides is 3. The third-order valence-corrected chi connectivity index (χ3v) is 2.29. The Morgan fingerprint density at radius 2 is 1.95 bits per heavy atom. The van der Waals surface area contributed by atoms with Crippen molar-refractivity contribution in [2.75, 3.05) is 13.2 Å². The number of carbonyl (C=O) groups is 2. The zero-order valence-electron chi connectivity index (χ0n) is 11.3. The van der Waals surface area contributed by atoms with Crippen molar-refractivity contribution in [3.63, 3.8) is 0 Å². The molecule has 0 aliphatic carbocycles. The highest BCUT2D eigenvalue weighted by Gasteiger charge is 2.28. The van der Waals surface area contributed by atoms with Crippen LogP contribution in [-0.2, 0) is 9.53 Å². The third kappa shape index (κ3) is 6.73. The molecule has 0 aliphatic heterocycles. The van der Waals surface area contributed by atoms with Crippen LogP contribution in [0.5, 0.6) is 5.75 Å². The molecule has 1 rings (SSSR count). The second kappa shape index (κ2) is 7.61. The highest BCUT2D eigenvalue weighted by atomic mass is 19.4. The number of ether oxygens (including phenoxy) is 2. The van der Waals surface area contributed by atoms with Gasteiger partial charge in [-0.1, -0.05) is 0 Å². The number of nitrogens with zero attached hydrogens (tertiary/aromatic N) is 1. The van der Waals surface area contributed by atoms with Gasteiger partial charge in [-0.15, -0.1) is 0 Å². The number of carbonyl (C=O) groups excluding carboxylic acids is 2. The van der Waals surface area contributed by atoms with E-state index in [0.717, 1.165) is 6.20 Å². The molecule has 0 aromatic carbocycles. The zero-order chi connectivity index (χ0) is 15.9. The van der Waals surface area contributed by atoms with Crippen LogP contribution in [0.15, 0.2) is 18.3 Å². The fraction of sp³-hybridized carbons (Fsp3) is 0.462. The van der Waals surface area contributed by atoms with Gasteiger partial charge in [-0.05, 0) is 19.1 Å². The van der Waals surface area contributed by atoms with Gasteiger partial charge in [-0.25, -0.2) is 4.98 Å². The van der Waals surface area contributed by atoms with Gasteiger partial charge in [0.05, 0.1) is 19.2 Å². The van der Waals surface area contributed by atoms with Gasteiger partial charge in [0.15, 0.2) is 12.4 Å². The molecule has 0 aliphatic rings. The third-order valence-electron chi connectivity index (χ3n) is 2.29. The largest absolute Gasteiger partial charge is 0.483 e. The first-order chi connectivity index (χ1) is 9.81. The molecule has 1 aromatic heterocycles. The molecule has 0 spiro atoms. The van der Waals surface area contributed by atoms with Crippen molar-refractivity contribution < 1.29 is 32.2 Å². The Labute approximate surface area is 119 Å². The minimum Gasteiger partial charge on any atom is -0.483 e. The van der Waals surface area contributed by atoms with Gasteiger partial charge in [0.2, 0.25) is 0 Å². The van der Waals surface area contributed by atoms with Crippen LogP contribution in [0.2, 0.25) is 0 Å². The number of rotatable bonds is 7. The second-order valence-electron chi connectivity index (χ2n) is 4.01. The van der Waals surface area contributed by atoms with Gasteiger partial charge in [0.25, 0.3) is 0 Å². The Morgan fingerprint density at radius 3 is 2.48 bits per heavy atom. The van der Waals surface area contributed by atoms with E-state index in [0.29, 0.717) is 0 Å². The van der Waals surface area contributed by atoms with Crippen LogP contribution in [0.4, 0.5) is 13.2 Å². The van der Waals surface area contributed by atoms with Gasteiger partial charge in [0, 0.05) is 6.42 Å². The van der Waals surface area contributed by atoms with Crippen molar-refractivity contribution in [3.05, 3.63) is 24.0 Å². The molecule has 0 radical (unpaired) electrons. The summed E-state index contributed by atoms with van der Waals surface area (Å²) in [5.74, 6) is -0.976. The summed E-state index contributed by atoms with van der Waals surface area (Å²) in [6.07, 6.45) is -3.55. The standard InChI is InChI=1S/C13H14F3NO4/c1-2-20-12(19)6-5-11(18)10-4-3-9(7-17-10)21-8-13(14,15)16/h3-4,7H,2,5-6,8H2,1H3. The number of pyridine rings is 1. The smallest absolute Gasteiger partial charge is 0.422 e. The van der Waals surface area contributed by atoms with Crippen molar-refractivity contribution in [2.24, 2.45) is 0 Å². The number of esters is 1. The molecular weight excluding hydrogens is 291 g/mol. The molecule has 0 unspecified atom stereocenters. The lowest BCUT2D eigenvalue weighted by molar-refractivity contribution is -0.153. The maximum absolute atomic E-state index is 11.9. The summed E-state index contributed by atoms with van der Waals surface area (Å²) in [6, 6.07) is 2.47. The van der Waals surface area contributed by atoms with Crippen LogP contribution in [0, 0.1) is 0 Å². The van der Waals surface area contributed by atoms with E-state index in [4.69, 9.17) is 0 Å². The van der Waals surface area contributed by atoms with Crippen LogP contribution in [0.25, 0.3) is 0 Å². The molecule has 0 fully saturated rings. The Morgan fingerprint density at radius 1 is 1.24 bits per heavy atom. The second-order valence-corrected chi connectivity index (χ2v) is 4.01. The number of Topliss-reactive ketones (excluding diaryl/α,β-unsaturated/α-hetero) is 1. The number of aromatic nitrogens is 1. The van der Waals surface area contributed by atoms with Gasteiger partial charge in [0.1, 0.15) is 11.4 Å². The molecule has 0 bridgehead atoms. The van der Waals surface area contributed by atoms with Gasteiger partial charge >= 0.3 is 12.1 Å². The fourth-order valence-corrected chi connectivity index (χ4v) is 1.37. The minimum absolute atomic E-state index is 0.0543. The van der Waals surface area contributed by atoms with Crippen molar-refractivity contribution in [3.8, 4) is 5.75 Å². The fourth-order valence-electron chi connectivity index (χ4n) is 1.37. The first-order valence-electron chi connectivity index (χ1n) is 6.16. The van der Waals surface area contributed by atoms with E-state index < -0.39 is 24.5 Å². The highest BCUT2D eigenvalue weighted by Crippen LogP contribution is 2.18. The summed E-state index contributed by atoms with van der Waals surface area (Å²) in [7, 11) is 0. The predicted octanol–water partition coefficient (Wildman–Crippen LogP) is 2.55. The molecule has 0 saturated heterocycles. The molecule has 1 heterocycles. The minimum atomic E-state index is -4.44. The SMILES string of the molecule is CCOC(=O)CCC(=O)c1ccc(OCC(F)(F)F)cn1. The molecular formula is C13H14F3NO4. The van der Waals surface area contributed by atoms with Crippen molar-refractivity contribution in [2.45, 2.75) is 25.9 Å². The monoisotopic (exact) mass is 305 g/mol. The molecule has 1 aromatic rings. The average Bonchev–Trinajstić information content (AvgIpc) is 2.42. The molecule has 8 heteroatoms. The Balaban J connectivity index is 2.49. The topological polar surface area (TPSA) is 65.5 Å². The molecule has 0 saturated carbocycles. The molecule has 0 amide bonds. The molecule has 116 valence electrons. The molecule has 0 N–H and O–H groups in total. The normalized spacial score (nSPS) is 11.0. The molecule has 5 nitrogen and oxygen atoms in total. The van der Waals surface area contributed by atoms with E-state index in [1.165, 1.54) is 12.1 Å². The van der Waals surface area contributed by atoms with Crippen molar-refractivity contribution >= 4 is 11.8 Å². The van der Waals surface area contributed by atoms with Crippen LogP contribution in [0.1, 0.15) is 30.3 Å². The maximum atomic E-state index is 11.9. The van der Waals surface area contributed by atoms with Crippen LogP contribution in [0.3, 0.4) is 0 Å². The van der Waals surface area contributed by atoms with Crippen molar-refractivity contribution in [1.82, 2.24) is 4.98 Å². The van der Waals surface area contributed by atoms with Gasteiger partial charge in [-0.3, -0.25) is 9.59 Å². The number of hydrogen-bond acceptors (Lipinski definition) is 5. The maximum Gasteiger partial charge on any atom is 0.422 e. The predicted molar refractivity (Wildman–Crippen MR) is 66.0 cm³/mol. The Bertz CT molecular complexity index is 485. The average molecular weight is 305 g/mol. The van der Waals surface area contributed by atoms with E-state index >= 15 is 0 Å². The van der Waals surface area contributed by atoms with Crippen LogP contribution in [-0.4, -0.2) is 36.1 Å². The van der Waals surface area contributed by atoms with Gasteiger partial charge in [-0.2, -0.15) is 13.2 Å². The first kappa shape index (κ1) is 16.9. The van der Waals surface area contributed by atoms with Crippen LogP contribution >= 0.6 is 0 Å². The Hall–Kier alpha value is -2.12. The number of hydrogen-bond donors (Lipinski definition) is 0. The number of ketones is 1. The quantitative estimate of drug-likeness (QED) is 0.572. The summed E-state index contributed by atoms with van der Waals surface area (Å²) in [5, 5.41) is 0. The summed E-state index contributed by atoms with van der Waals surface area (Å²) in [4.78, 5) is 26.5. The Kier molecular flexibility index (Phi) is 6.13. The first-order valence-corrected chi connectivity index (χ1v) is 6.16. The van der Waals surface area contributed by atoms with Crippen molar-refractivity contribution in [1.29, 1.82) is 0 Å². The van der Waals surface area contributed by atoms with E-state index in [-0.39, 0.29) is 30.9 Å². The van der Waals surface area contributed by atoms with E-state index in [9.17, 15) is 22.8 Å². The van der Waals surface area contributed by atoms with Gasteiger partial charge < -0.3 is 9.47 Å². The molecule has 0 atom stereocenters. The highest BCUT2D eigenvalue weighted by molar-refractivity contribution is 5.95. The summed E-state index contributed by atoms with van der Waals surface area (Å²) in [5.41, 5.74) is 0.0543. The lowest BCUT2D eigenvalue weighted by Crippen LogP contribution is -2.19. The van der Waals surface area contributed by atoms with Crippen LogP contribution < -0.4 is 4.74 Å². The summed E-state index contributed by atoms with van der Waals surface area (Å²) in [6.45, 7) is 0.461. The summed E-state index contributed by atoms with van der Waals surface area (Å²) < 4.78 is 45.0. The van der Waals surface area contributed by atoms with E-state index in [2.05, 4.69) is 14.5 Å². The lowest BCUT2D eigenvalue weighted by atomic mass is 10.1. The lowest BCUT2D eigenvalue weighted by Gasteiger charge is -2.08. The summed E-state index contributed by atoms with van der Waals surface area (Å²) >= 11 is 0. The zero-order valence-corrected chi connectivity index (χ0v) is 11.3. The van der Waals surface area contributed by atoms with E-state index in [1.54, 1.807) is 6.92 Å². The molecule has 21 heavy (non-hydrogen) atoms. The number of halogens is 3.